The minimum absolute atomic E-state index is 0.0393. The second kappa shape index (κ2) is 9.73. The van der Waals surface area contributed by atoms with Crippen molar-refractivity contribution in [2.24, 2.45) is 17.8 Å². The summed E-state index contributed by atoms with van der Waals surface area (Å²) in [6, 6.07) is 0. The van der Waals surface area contributed by atoms with Crippen LogP contribution in [0.15, 0.2) is 11.0 Å². The Hall–Kier alpha value is -1.61. The van der Waals surface area contributed by atoms with Gasteiger partial charge in [0.1, 0.15) is 12.3 Å². The fourth-order valence-electron chi connectivity index (χ4n) is 3.65. The summed E-state index contributed by atoms with van der Waals surface area (Å²) in [6.45, 7) is 7.96. The van der Waals surface area contributed by atoms with Crippen molar-refractivity contribution in [1.29, 1.82) is 0 Å². The topological polar surface area (TPSA) is 96.4 Å². The van der Waals surface area contributed by atoms with Crippen LogP contribution in [-0.4, -0.2) is 33.5 Å². The van der Waals surface area contributed by atoms with Gasteiger partial charge < -0.3 is 15.2 Å². The van der Waals surface area contributed by atoms with Crippen LogP contribution in [0.1, 0.15) is 53.2 Å². The summed E-state index contributed by atoms with van der Waals surface area (Å²) in [7, 11) is 0. The molecule has 7 nitrogen and oxygen atoms in total. The number of aromatic nitrogens is 2. The summed E-state index contributed by atoms with van der Waals surface area (Å²) in [5.41, 5.74) is 4.52. The number of nitrogen functional groups attached to an aromatic ring is 1. The zero-order valence-corrected chi connectivity index (χ0v) is 17.7. The highest BCUT2D eigenvalue weighted by molar-refractivity contribution is 7.80. The molecule has 1 aromatic rings. The molecule has 0 spiro atoms. The lowest BCUT2D eigenvalue weighted by molar-refractivity contribution is -0.174. The van der Waals surface area contributed by atoms with E-state index in [1.807, 2.05) is 0 Å². The Bertz CT molecular complexity index is 742. The Morgan fingerprint density at radius 3 is 2.71 bits per heavy atom. The van der Waals surface area contributed by atoms with Crippen molar-refractivity contribution in [2.45, 2.75) is 65.4 Å². The van der Waals surface area contributed by atoms with Crippen LogP contribution < -0.4 is 11.4 Å². The van der Waals surface area contributed by atoms with Crippen molar-refractivity contribution >= 4 is 24.4 Å². The summed E-state index contributed by atoms with van der Waals surface area (Å²) in [5, 5.41) is 0. The Labute approximate surface area is 170 Å². The van der Waals surface area contributed by atoms with E-state index in [-0.39, 0.29) is 11.9 Å². The molecule has 28 heavy (non-hydrogen) atoms. The molecule has 0 radical (unpaired) electrons. The van der Waals surface area contributed by atoms with Crippen LogP contribution in [-0.2, 0) is 14.3 Å². The number of halogens is 1. The number of thiol groups is 1. The first kappa shape index (κ1) is 22.7. The van der Waals surface area contributed by atoms with Crippen molar-refractivity contribution < 1.29 is 18.7 Å². The number of hydrogen-bond donors (Lipinski definition) is 2. The number of esters is 1. The first-order valence-electron chi connectivity index (χ1n) is 9.65. The third-order valence-electron chi connectivity index (χ3n) is 5.32. The average molecular weight is 416 g/mol. The van der Waals surface area contributed by atoms with E-state index in [0.29, 0.717) is 17.8 Å². The van der Waals surface area contributed by atoms with Gasteiger partial charge in [-0.15, -0.1) is 0 Å². The van der Waals surface area contributed by atoms with Gasteiger partial charge in [-0.1, -0.05) is 27.2 Å². The minimum Gasteiger partial charge on any atom is -0.460 e. The Kier molecular flexibility index (Phi) is 7.88. The van der Waals surface area contributed by atoms with Gasteiger partial charge in [-0.2, -0.15) is 17.6 Å². The number of anilines is 1. The quantitative estimate of drug-likeness (QED) is 0.525. The van der Waals surface area contributed by atoms with E-state index in [0.717, 1.165) is 30.0 Å². The van der Waals surface area contributed by atoms with Crippen LogP contribution in [0.5, 0.6) is 0 Å². The normalized spacial score (nSPS) is 24.8. The predicted octanol–water partition coefficient (Wildman–Crippen LogP) is 2.80. The van der Waals surface area contributed by atoms with Crippen LogP contribution in [0.25, 0.3) is 0 Å². The molecule has 2 N–H and O–H groups in total. The fourth-order valence-corrected chi connectivity index (χ4v) is 3.91. The molecule has 2 unspecified atom stereocenters. The number of ether oxygens (including phenoxy) is 2. The van der Waals surface area contributed by atoms with Crippen LogP contribution in [0.4, 0.5) is 10.2 Å². The number of nitrogens with two attached hydrogens (primary N) is 1. The van der Waals surface area contributed by atoms with Gasteiger partial charge in [0.15, 0.2) is 17.7 Å². The molecule has 0 aliphatic heterocycles. The van der Waals surface area contributed by atoms with Crippen molar-refractivity contribution in [3.8, 4) is 0 Å². The summed E-state index contributed by atoms with van der Waals surface area (Å²) < 4.78 is 26.0. The lowest BCUT2D eigenvalue weighted by atomic mass is 9.75. The Morgan fingerprint density at radius 1 is 1.43 bits per heavy atom. The Balaban J connectivity index is 2.07. The SMILES string of the molecule is CC(OC(CS)n1cc(F)c(N)nc1=O)C(=O)O[C@@H]1C[C@H](C)CC[C@H]1C(C)C. The molecule has 1 aliphatic rings. The van der Waals surface area contributed by atoms with Crippen LogP contribution in [0, 0.1) is 23.6 Å². The highest BCUT2D eigenvalue weighted by Crippen LogP contribution is 2.35. The fraction of sp³-hybridized carbons (Fsp3) is 0.737. The first-order valence-corrected chi connectivity index (χ1v) is 10.3. The van der Waals surface area contributed by atoms with E-state index in [4.69, 9.17) is 15.2 Å². The lowest BCUT2D eigenvalue weighted by Gasteiger charge is -2.37. The molecule has 9 heteroatoms. The largest absolute Gasteiger partial charge is 0.460 e. The highest BCUT2D eigenvalue weighted by Gasteiger charge is 2.35. The van der Waals surface area contributed by atoms with Crippen molar-refractivity contribution in [3.63, 3.8) is 0 Å². The van der Waals surface area contributed by atoms with Crippen molar-refractivity contribution in [2.75, 3.05) is 11.5 Å². The summed E-state index contributed by atoms with van der Waals surface area (Å²) in [6.07, 6.45) is 1.79. The second-order valence-electron chi connectivity index (χ2n) is 7.88. The van der Waals surface area contributed by atoms with E-state index in [1.165, 1.54) is 0 Å². The minimum atomic E-state index is -0.979. The van der Waals surface area contributed by atoms with Gasteiger partial charge >= 0.3 is 11.7 Å². The first-order chi connectivity index (χ1) is 13.1. The molecule has 1 aromatic heterocycles. The van der Waals surface area contributed by atoms with Crippen LogP contribution in [0.2, 0.25) is 0 Å². The van der Waals surface area contributed by atoms with E-state index < -0.39 is 35.6 Å². The zero-order chi connectivity index (χ0) is 21.0. The van der Waals surface area contributed by atoms with Gasteiger partial charge in [-0.25, -0.2) is 14.0 Å². The number of hydrogen-bond acceptors (Lipinski definition) is 7. The number of carbonyl (C=O) groups is 1. The number of carbonyl (C=O) groups excluding carboxylic acids is 1. The standard InChI is InChI=1S/C19H30FN3O4S/c1-10(2)13-6-5-11(3)7-15(13)27-18(24)12(4)26-16(9-28)23-8-14(20)17(21)22-19(23)25/h8,10-13,15-16,28H,5-7,9H2,1-4H3,(H2,21,22,25)/t11-,12?,13+,15-,16?/m1/s1. The van der Waals surface area contributed by atoms with Crippen LogP contribution >= 0.6 is 12.6 Å². The molecule has 0 amide bonds. The molecular weight excluding hydrogens is 385 g/mol. The molecule has 0 aromatic carbocycles. The van der Waals surface area contributed by atoms with Gasteiger partial charge in [0.05, 0.1) is 6.20 Å². The van der Waals surface area contributed by atoms with E-state index in [9.17, 15) is 14.0 Å². The molecule has 1 saturated carbocycles. The van der Waals surface area contributed by atoms with Gasteiger partial charge in [-0.05, 0) is 37.5 Å². The molecule has 1 aliphatic carbocycles. The van der Waals surface area contributed by atoms with Gasteiger partial charge in [0.25, 0.3) is 0 Å². The molecule has 1 fully saturated rings. The predicted molar refractivity (Wildman–Crippen MR) is 108 cm³/mol. The maximum absolute atomic E-state index is 13.7. The van der Waals surface area contributed by atoms with Crippen molar-refractivity contribution in [3.05, 3.63) is 22.5 Å². The maximum Gasteiger partial charge on any atom is 0.351 e. The van der Waals surface area contributed by atoms with Gasteiger partial charge in [0.2, 0.25) is 0 Å². The molecule has 5 atom stereocenters. The maximum atomic E-state index is 13.7. The van der Waals surface area contributed by atoms with Gasteiger partial charge in [0, 0.05) is 5.75 Å². The van der Waals surface area contributed by atoms with Crippen LogP contribution in [0.3, 0.4) is 0 Å². The van der Waals surface area contributed by atoms with Gasteiger partial charge in [-0.3, -0.25) is 4.57 Å². The summed E-state index contributed by atoms with van der Waals surface area (Å²) in [5.74, 6) is -0.582. The molecule has 0 bridgehead atoms. The third kappa shape index (κ3) is 5.47. The van der Waals surface area contributed by atoms with E-state index in [2.05, 4.69) is 38.4 Å². The summed E-state index contributed by atoms with van der Waals surface area (Å²) in [4.78, 5) is 28.0. The number of rotatable bonds is 7. The van der Waals surface area contributed by atoms with Crippen molar-refractivity contribution in [1.82, 2.24) is 9.55 Å². The third-order valence-corrected chi connectivity index (χ3v) is 5.63. The van der Waals surface area contributed by atoms with E-state index in [1.54, 1.807) is 6.92 Å². The second-order valence-corrected chi connectivity index (χ2v) is 8.25. The molecule has 2 rings (SSSR count). The molecule has 1 heterocycles. The molecule has 158 valence electrons. The lowest BCUT2D eigenvalue weighted by Crippen LogP contribution is -2.40. The molecular formula is C19H30FN3O4S. The number of nitrogens with zero attached hydrogens (tertiary/aromatic N) is 2. The highest BCUT2D eigenvalue weighted by atomic mass is 32.1. The summed E-state index contributed by atoms with van der Waals surface area (Å²) >= 11 is 4.14. The average Bonchev–Trinajstić information content (AvgIpc) is 2.62. The zero-order valence-electron chi connectivity index (χ0n) is 16.8. The molecule has 0 saturated heterocycles. The smallest absolute Gasteiger partial charge is 0.351 e. The monoisotopic (exact) mass is 415 g/mol. The van der Waals surface area contributed by atoms with E-state index >= 15 is 0 Å². The Morgan fingerprint density at radius 2 is 2.11 bits per heavy atom.